The number of aromatic nitrogens is 1. The lowest BCUT2D eigenvalue weighted by Crippen LogP contribution is -2.50. The van der Waals surface area contributed by atoms with E-state index in [1.807, 2.05) is 76.6 Å². The first-order valence-corrected chi connectivity index (χ1v) is 12.6. The smallest absolute Gasteiger partial charge is 0.410 e. The van der Waals surface area contributed by atoms with Crippen LogP contribution in [0.4, 0.5) is 4.79 Å². The van der Waals surface area contributed by atoms with Gasteiger partial charge in [-0.25, -0.2) is 4.79 Å². The molecule has 0 saturated carbocycles. The Morgan fingerprint density at radius 3 is 2.49 bits per heavy atom. The minimum absolute atomic E-state index is 0.0564. The molecule has 3 amide bonds. The van der Waals surface area contributed by atoms with Crippen LogP contribution in [-0.2, 0) is 16.6 Å². The maximum absolute atomic E-state index is 13.2. The topological polar surface area (TPSA) is 92.7 Å². The van der Waals surface area contributed by atoms with Crippen LogP contribution in [-0.4, -0.2) is 58.1 Å². The Morgan fingerprint density at radius 2 is 1.83 bits per heavy atom. The molecule has 1 aromatic heterocycles. The van der Waals surface area contributed by atoms with Crippen molar-refractivity contribution in [3.63, 3.8) is 0 Å². The van der Waals surface area contributed by atoms with Gasteiger partial charge < -0.3 is 24.8 Å². The second kappa shape index (κ2) is 11.1. The molecule has 1 aromatic carbocycles. The number of ether oxygens (including phenoxy) is 1. The first-order chi connectivity index (χ1) is 16.4. The number of nitrogens with zero attached hydrogens (tertiary/aromatic N) is 2. The lowest BCUT2D eigenvalue weighted by Gasteiger charge is -2.26. The zero-order valence-corrected chi connectivity index (χ0v) is 21.9. The van der Waals surface area contributed by atoms with Crippen molar-refractivity contribution in [3.8, 4) is 0 Å². The van der Waals surface area contributed by atoms with Crippen molar-refractivity contribution in [2.24, 2.45) is 13.0 Å². The fourth-order valence-corrected chi connectivity index (χ4v) is 4.49. The number of nitrogens with one attached hydrogen (secondary N) is 2. The number of carbonyl (C=O) groups is 3. The summed E-state index contributed by atoms with van der Waals surface area (Å²) < 4.78 is 7.35. The Labute approximate surface area is 208 Å². The van der Waals surface area contributed by atoms with Crippen LogP contribution in [0, 0.1) is 5.92 Å². The number of amides is 3. The Bertz CT molecular complexity index is 1050. The fourth-order valence-electron chi connectivity index (χ4n) is 4.49. The zero-order chi connectivity index (χ0) is 25.8. The number of rotatable bonds is 6. The number of para-hydroxylation sites is 1. The fraction of sp³-hybridized carbons (Fsp3) is 0.593. The molecular weight excluding hydrogens is 444 g/mol. The summed E-state index contributed by atoms with van der Waals surface area (Å²) in [7, 11) is 1.86. The van der Waals surface area contributed by atoms with E-state index in [2.05, 4.69) is 10.6 Å². The van der Waals surface area contributed by atoms with E-state index in [1.54, 1.807) is 4.90 Å². The average Bonchev–Trinajstić information content (AvgIpc) is 2.93. The molecule has 1 aliphatic heterocycles. The van der Waals surface area contributed by atoms with Gasteiger partial charge in [0.1, 0.15) is 17.3 Å². The summed E-state index contributed by atoms with van der Waals surface area (Å²) in [6, 6.07) is 8.98. The predicted octanol–water partition coefficient (Wildman–Crippen LogP) is 4.23. The van der Waals surface area contributed by atoms with Gasteiger partial charge in [-0.15, -0.1) is 0 Å². The molecule has 2 atom stereocenters. The molecule has 1 saturated heterocycles. The van der Waals surface area contributed by atoms with Crippen LogP contribution in [0.15, 0.2) is 30.3 Å². The average molecular weight is 485 g/mol. The molecule has 3 rings (SSSR count). The summed E-state index contributed by atoms with van der Waals surface area (Å²) >= 11 is 0. The molecule has 192 valence electrons. The van der Waals surface area contributed by atoms with Gasteiger partial charge in [0.2, 0.25) is 5.91 Å². The van der Waals surface area contributed by atoms with E-state index in [4.69, 9.17) is 4.74 Å². The lowest BCUT2D eigenvalue weighted by molar-refractivity contribution is -0.124. The summed E-state index contributed by atoms with van der Waals surface area (Å²) in [6.45, 7) is 10.8. The normalized spacial score (nSPS) is 17.7. The number of aryl methyl sites for hydroxylation is 1. The van der Waals surface area contributed by atoms with Crippen molar-refractivity contribution >= 4 is 28.8 Å². The van der Waals surface area contributed by atoms with Gasteiger partial charge >= 0.3 is 6.09 Å². The van der Waals surface area contributed by atoms with Crippen molar-refractivity contribution in [3.05, 3.63) is 36.0 Å². The van der Waals surface area contributed by atoms with Gasteiger partial charge in [0.25, 0.3) is 5.91 Å². The van der Waals surface area contributed by atoms with Crippen molar-refractivity contribution in [1.29, 1.82) is 0 Å². The van der Waals surface area contributed by atoms with Crippen molar-refractivity contribution in [1.82, 2.24) is 20.1 Å². The number of benzene rings is 1. The molecule has 2 unspecified atom stereocenters. The molecular formula is C27H40N4O4. The van der Waals surface area contributed by atoms with Crippen molar-refractivity contribution in [2.45, 2.75) is 78.0 Å². The van der Waals surface area contributed by atoms with Crippen LogP contribution in [0.5, 0.6) is 0 Å². The predicted molar refractivity (Wildman–Crippen MR) is 137 cm³/mol. The van der Waals surface area contributed by atoms with E-state index >= 15 is 0 Å². The highest BCUT2D eigenvalue weighted by atomic mass is 16.6. The van der Waals surface area contributed by atoms with E-state index in [0.29, 0.717) is 31.6 Å². The molecule has 0 bridgehead atoms. The van der Waals surface area contributed by atoms with E-state index in [-0.39, 0.29) is 29.9 Å². The number of hydrogen-bond acceptors (Lipinski definition) is 4. The highest BCUT2D eigenvalue weighted by Gasteiger charge is 2.29. The van der Waals surface area contributed by atoms with Gasteiger partial charge in [-0.1, -0.05) is 32.0 Å². The third-order valence-electron chi connectivity index (χ3n) is 6.24. The van der Waals surface area contributed by atoms with Crippen LogP contribution >= 0.6 is 0 Å². The second-order valence-corrected chi connectivity index (χ2v) is 10.9. The molecule has 35 heavy (non-hydrogen) atoms. The molecule has 0 spiro atoms. The molecule has 0 radical (unpaired) electrons. The van der Waals surface area contributed by atoms with Gasteiger partial charge in [0, 0.05) is 37.1 Å². The maximum Gasteiger partial charge on any atom is 0.410 e. The molecule has 2 heterocycles. The molecule has 2 N–H and O–H groups in total. The largest absolute Gasteiger partial charge is 0.444 e. The van der Waals surface area contributed by atoms with Gasteiger partial charge in [-0.3, -0.25) is 9.59 Å². The Morgan fingerprint density at radius 1 is 1.11 bits per heavy atom. The van der Waals surface area contributed by atoms with Crippen LogP contribution in [0.1, 0.15) is 70.8 Å². The summed E-state index contributed by atoms with van der Waals surface area (Å²) in [5, 5.41) is 7.08. The molecule has 8 heteroatoms. The van der Waals surface area contributed by atoms with Gasteiger partial charge in [-0.2, -0.15) is 0 Å². The number of likely N-dealkylation sites (tertiary alicyclic amines) is 1. The quantitative estimate of drug-likeness (QED) is 0.642. The Balaban J connectivity index is 1.64. The Kier molecular flexibility index (Phi) is 8.46. The minimum Gasteiger partial charge on any atom is -0.444 e. The van der Waals surface area contributed by atoms with Gasteiger partial charge in [0.05, 0.1) is 0 Å². The van der Waals surface area contributed by atoms with Crippen LogP contribution in [0.2, 0.25) is 0 Å². The first-order valence-electron chi connectivity index (χ1n) is 12.6. The third kappa shape index (κ3) is 7.23. The molecule has 1 aliphatic rings. The number of fused-ring (bicyclic) bond motifs is 1. The molecule has 2 aromatic rings. The minimum atomic E-state index is -0.634. The van der Waals surface area contributed by atoms with E-state index in [1.165, 1.54) is 0 Å². The monoisotopic (exact) mass is 484 g/mol. The first kappa shape index (κ1) is 26.6. The lowest BCUT2D eigenvalue weighted by atomic mass is 10.0. The van der Waals surface area contributed by atoms with Crippen molar-refractivity contribution in [2.75, 3.05) is 13.1 Å². The maximum atomic E-state index is 13.2. The second-order valence-electron chi connectivity index (χ2n) is 10.9. The Hall–Kier alpha value is -3.03. The third-order valence-corrected chi connectivity index (χ3v) is 6.24. The summed E-state index contributed by atoms with van der Waals surface area (Å²) in [5.41, 5.74) is 0.953. The van der Waals surface area contributed by atoms with E-state index in [0.717, 1.165) is 23.7 Å². The zero-order valence-electron chi connectivity index (χ0n) is 21.9. The number of hydrogen-bond donors (Lipinski definition) is 2. The summed E-state index contributed by atoms with van der Waals surface area (Å²) in [5.74, 6) is -0.210. The van der Waals surface area contributed by atoms with Crippen LogP contribution < -0.4 is 10.6 Å². The van der Waals surface area contributed by atoms with Crippen molar-refractivity contribution < 1.29 is 19.1 Å². The highest BCUT2D eigenvalue weighted by Crippen LogP contribution is 2.19. The van der Waals surface area contributed by atoms with Gasteiger partial charge in [-0.05, 0) is 64.5 Å². The molecule has 0 aliphatic carbocycles. The standard InChI is InChI=1S/C27H40N4O4/c1-18(2)16-21(29-25(33)23-17-19-10-7-8-12-22(19)30(23)6)24(32)28-20-11-9-14-31(15-13-20)26(34)35-27(3,4)5/h7-8,10,12,17-18,20-21H,9,11,13-16H2,1-6H3,(H,28,32)(H,29,33). The molecule has 8 nitrogen and oxygen atoms in total. The van der Waals surface area contributed by atoms with Crippen LogP contribution in [0.25, 0.3) is 10.9 Å². The summed E-state index contributed by atoms with van der Waals surface area (Å²) in [4.78, 5) is 40.5. The van der Waals surface area contributed by atoms with Crippen LogP contribution in [0.3, 0.4) is 0 Å². The van der Waals surface area contributed by atoms with E-state index < -0.39 is 11.6 Å². The SMILES string of the molecule is CC(C)CC(NC(=O)c1cc2ccccc2n1C)C(=O)NC1CCCN(C(=O)OC(C)(C)C)CC1. The number of carbonyl (C=O) groups excluding carboxylic acids is 3. The van der Waals surface area contributed by atoms with Gasteiger partial charge in [0.15, 0.2) is 0 Å². The highest BCUT2D eigenvalue weighted by molar-refractivity contribution is 6.00. The van der Waals surface area contributed by atoms with E-state index in [9.17, 15) is 14.4 Å². The summed E-state index contributed by atoms with van der Waals surface area (Å²) in [6.07, 6.45) is 2.43. The molecule has 1 fully saturated rings.